The van der Waals surface area contributed by atoms with E-state index in [4.69, 9.17) is 4.74 Å². The molecule has 1 saturated carbocycles. The van der Waals surface area contributed by atoms with Crippen LogP contribution in [0.5, 0.6) is 11.5 Å². The molecule has 6 heteroatoms. The van der Waals surface area contributed by atoms with Gasteiger partial charge in [-0.05, 0) is 25.8 Å². The summed E-state index contributed by atoms with van der Waals surface area (Å²) in [5, 5.41) is 40.9. The molecule has 1 fully saturated rings. The van der Waals surface area contributed by atoms with Crippen LogP contribution in [0.2, 0.25) is 0 Å². The Morgan fingerprint density at radius 1 is 1.32 bits per heavy atom. The maximum atomic E-state index is 12.7. The van der Waals surface area contributed by atoms with E-state index in [-0.39, 0.29) is 35.5 Å². The Bertz CT molecular complexity index is 623. The van der Waals surface area contributed by atoms with Crippen LogP contribution in [0.15, 0.2) is 12.1 Å². The van der Waals surface area contributed by atoms with Gasteiger partial charge in [-0.1, -0.05) is 0 Å². The number of carbonyl (C=O) groups is 1. The van der Waals surface area contributed by atoms with Gasteiger partial charge in [0.15, 0.2) is 5.78 Å². The van der Waals surface area contributed by atoms with Gasteiger partial charge in [0.1, 0.15) is 11.5 Å². The highest BCUT2D eigenvalue weighted by Gasteiger charge is 2.52. The summed E-state index contributed by atoms with van der Waals surface area (Å²) in [7, 11) is 1.43. The van der Waals surface area contributed by atoms with E-state index in [1.165, 1.54) is 26.2 Å². The molecule has 4 N–H and O–H groups in total. The third kappa shape index (κ3) is 2.10. The molecule has 0 aliphatic heterocycles. The first-order chi connectivity index (χ1) is 10.3. The summed E-state index contributed by atoms with van der Waals surface area (Å²) in [6, 6.07) is 2.85. The second-order valence-corrected chi connectivity index (χ2v) is 6.50. The predicted molar refractivity (Wildman–Crippen MR) is 76.8 cm³/mol. The summed E-state index contributed by atoms with van der Waals surface area (Å²) < 4.78 is 5.06. The number of ketones is 1. The molecule has 6 nitrogen and oxygen atoms in total. The van der Waals surface area contributed by atoms with Crippen LogP contribution in [0.25, 0.3) is 0 Å². The molecule has 0 aromatic heterocycles. The highest BCUT2D eigenvalue weighted by Crippen LogP contribution is 2.50. The quantitative estimate of drug-likeness (QED) is 0.610. The molecule has 0 radical (unpaired) electrons. The van der Waals surface area contributed by atoms with Crippen molar-refractivity contribution in [2.75, 3.05) is 7.11 Å². The van der Waals surface area contributed by atoms with Gasteiger partial charge in [-0.25, -0.2) is 0 Å². The Morgan fingerprint density at radius 3 is 2.64 bits per heavy atom. The molecule has 22 heavy (non-hydrogen) atoms. The van der Waals surface area contributed by atoms with Gasteiger partial charge >= 0.3 is 0 Å². The topological polar surface area (TPSA) is 107 Å². The van der Waals surface area contributed by atoms with Crippen molar-refractivity contribution in [3.63, 3.8) is 0 Å². The highest BCUT2D eigenvalue weighted by atomic mass is 16.5. The Morgan fingerprint density at radius 2 is 2.00 bits per heavy atom. The van der Waals surface area contributed by atoms with Crippen molar-refractivity contribution in [3.05, 3.63) is 23.3 Å². The number of phenolic OH excluding ortho intramolecular Hbond substituents is 1. The molecule has 0 bridgehead atoms. The number of aliphatic hydroxyl groups is 3. The van der Waals surface area contributed by atoms with Crippen LogP contribution in [-0.4, -0.2) is 45.0 Å². The van der Waals surface area contributed by atoms with Crippen molar-refractivity contribution in [1.82, 2.24) is 0 Å². The van der Waals surface area contributed by atoms with Crippen molar-refractivity contribution in [3.8, 4) is 11.5 Å². The smallest absolute Gasteiger partial charge is 0.167 e. The van der Waals surface area contributed by atoms with Crippen LogP contribution in [-0.2, 0) is 0 Å². The number of ether oxygens (including phenoxy) is 1. The summed E-state index contributed by atoms with van der Waals surface area (Å²) in [4.78, 5) is 12.7. The Kier molecular flexibility index (Phi) is 3.43. The molecule has 3 rings (SSSR count). The highest BCUT2D eigenvalue weighted by molar-refractivity contribution is 6.02. The van der Waals surface area contributed by atoms with Crippen LogP contribution in [0.1, 0.15) is 41.8 Å². The van der Waals surface area contributed by atoms with Gasteiger partial charge in [-0.3, -0.25) is 4.79 Å². The van der Waals surface area contributed by atoms with E-state index in [0.717, 1.165) is 0 Å². The van der Waals surface area contributed by atoms with Crippen molar-refractivity contribution < 1.29 is 30.0 Å². The number of phenols is 1. The van der Waals surface area contributed by atoms with E-state index < -0.39 is 29.6 Å². The molecular weight excluding hydrogens is 288 g/mol. The van der Waals surface area contributed by atoms with Crippen LogP contribution in [0, 0.1) is 11.8 Å². The lowest BCUT2D eigenvalue weighted by Crippen LogP contribution is -2.52. The van der Waals surface area contributed by atoms with Crippen LogP contribution < -0.4 is 4.74 Å². The normalized spacial score (nSPS) is 37.4. The number of aromatic hydroxyl groups is 1. The van der Waals surface area contributed by atoms with Crippen molar-refractivity contribution in [2.45, 2.75) is 37.6 Å². The fraction of sp³-hybridized carbons (Fsp3) is 0.562. The maximum absolute atomic E-state index is 12.7. The van der Waals surface area contributed by atoms with Gasteiger partial charge in [0, 0.05) is 29.0 Å². The van der Waals surface area contributed by atoms with E-state index in [0.29, 0.717) is 5.75 Å². The van der Waals surface area contributed by atoms with Gasteiger partial charge in [-0.2, -0.15) is 0 Å². The Labute approximate surface area is 128 Å². The maximum Gasteiger partial charge on any atom is 0.167 e. The second kappa shape index (κ2) is 4.94. The fourth-order valence-electron chi connectivity index (χ4n) is 3.70. The second-order valence-electron chi connectivity index (χ2n) is 6.50. The zero-order chi connectivity index (χ0) is 16.2. The number of Topliss-reactive ketones (excluding diaryl/α,β-unsaturated/α-hetero) is 1. The lowest BCUT2D eigenvalue weighted by molar-refractivity contribution is -0.129. The molecule has 0 heterocycles. The molecule has 120 valence electrons. The van der Waals surface area contributed by atoms with E-state index in [1.54, 1.807) is 0 Å². The zero-order valence-electron chi connectivity index (χ0n) is 12.5. The summed E-state index contributed by atoms with van der Waals surface area (Å²) in [6.45, 7) is 1.49. The van der Waals surface area contributed by atoms with Crippen LogP contribution in [0.3, 0.4) is 0 Å². The average molecular weight is 308 g/mol. The zero-order valence-corrected chi connectivity index (χ0v) is 12.5. The summed E-state index contributed by atoms with van der Waals surface area (Å²) in [5.74, 6) is -1.22. The average Bonchev–Trinajstić information content (AvgIpc) is 2.46. The monoisotopic (exact) mass is 308 g/mol. The van der Waals surface area contributed by atoms with E-state index in [2.05, 4.69) is 0 Å². The predicted octanol–water partition coefficient (Wildman–Crippen LogP) is 0.769. The van der Waals surface area contributed by atoms with Crippen molar-refractivity contribution >= 4 is 5.78 Å². The molecule has 0 amide bonds. The van der Waals surface area contributed by atoms with E-state index in [9.17, 15) is 25.2 Å². The van der Waals surface area contributed by atoms with Crippen LogP contribution in [0.4, 0.5) is 0 Å². The van der Waals surface area contributed by atoms with E-state index in [1.807, 2.05) is 0 Å². The molecule has 0 spiro atoms. The number of hydrogen-bond acceptors (Lipinski definition) is 6. The van der Waals surface area contributed by atoms with Crippen molar-refractivity contribution in [2.24, 2.45) is 11.8 Å². The summed E-state index contributed by atoms with van der Waals surface area (Å²) in [5.41, 5.74) is -0.965. The van der Waals surface area contributed by atoms with Gasteiger partial charge in [-0.15, -0.1) is 0 Å². The SMILES string of the molecule is COc1cc(O)c2c(c1)C(=O)[C@H]1C[C@](C)(O)[C@H](O)C[C@@H]1[C@@H]2O. The molecule has 0 saturated heterocycles. The van der Waals surface area contributed by atoms with Gasteiger partial charge in [0.25, 0.3) is 0 Å². The van der Waals surface area contributed by atoms with Gasteiger partial charge in [0.2, 0.25) is 0 Å². The van der Waals surface area contributed by atoms with Gasteiger partial charge in [0.05, 0.1) is 24.9 Å². The van der Waals surface area contributed by atoms with Crippen molar-refractivity contribution in [1.29, 1.82) is 0 Å². The molecular formula is C16H20O6. The standard InChI is InChI=1S/C16H20O6/c1-16(21)6-10-8(5-12(16)18)15(20)13-9(14(10)19)3-7(22-2)4-11(13)17/h3-4,8,10,12,15,17-18,20-21H,5-6H2,1-2H3/t8-,10-,12+,15-,16-/m0/s1. The summed E-state index contributed by atoms with van der Waals surface area (Å²) in [6.07, 6.45) is -1.89. The first-order valence-electron chi connectivity index (χ1n) is 7.30. The number of methoxy groups -OCH3 is 1. The summed E-state index contributed by atoms with van der Waals surface area (Å²) >= 11 is 0. The molecule has 0 unspecified atom stereocenters. The third-order valence-electron chi connectivity index (χ3n) is 5.03. The minimum Gasteiger partial charge on any atom is -0.507 e. The Balaban J connectivity index is 2.10. The lowest BCUT2D eigenvalue weighted by Gasteiger charge is -2.46. The van der Waals surface area contributed by atoms with Gasteiger partial charge < -0.3 is 25.2 Å². The Hall–Kier alpha value is -1.63. The minimum atomic E-state index is -1.37. The molecule has 2 aliphatic rings. The number of rotatable bonds is 1. The molecule has 1 aromatic carbocycles. The fourth-order valence-corrected chi connectivity index (χ4v) is 3.70. The number of fused-ring (bicyclic) bond motifs is 2. The third-order valence-corrected chi connectivity index (χ3v) is 5.03. The molecule has 1 aromatic rings. The van der Waals surface area contributed by atoms with Crippen LogP contribution >= 0.6 is 0 Å². The number of aliphatic hydroxyl groups excluding tert-OH is 2. The number of hydrogen-bond donors (Lipinski definition) is 4. The first kappa shape index (κ1) is 15.3. The molecule has 2 aliphatic carbocycles. The number of carbonyl (C=O) groups excluding carboxylic acids is 1. The lowest BCUT2D eigenvalue weighted by atomic mass is 9.62. The molecule has 5 atom stereocenters. The largest absolute Gasteiger partial charge is 0.507 e. The first-order valence-corrected chi connectivity index (χ1v) is 7.30. The number of benzene rings is 1. The van der Waals surface area contributed by atoms with E-state index >= 15 is 0 Å². The minimum absolute atomic E-state index is 0.0755.